The Morgan fingerprint density at radius 3 is 2.48 bits per heavy atom. The van der Waals surface area contributed by atoms with Crippen LogP contribution in [0.15, 0.2) is 41.3 Å². The number of rotatable bonds is 4. The van der Waals surface area contributed by atoms with Gasteiger partial charge in [-0.05, 0) is 48.9 Å². The molecule has 5 nitrogen and oxygen atoms in total. The molecule has 0 atom stereocenters. The van der Waals surface area contributed by atoms with Crippen molar-refractivity contribution in [2.75, 3.05) is 17.6 Å². The highest BCUT2D eigenvalue weighted by Crippen LogP contribution is 2.26. The highest BCUT2D eigenvalue weighted by Gasteiger charge is 2.17. The number of benzene rings is 2. The van der Waals surface area contributed by atoms with E-state index in [1.54, 1.807) is 6.92 Å². The zero-order valence-electron chi connectivity index (χ0n) is 11.6. The Hall–Kier alpha value is -2.28. The lowest BCUT2D eigenvalue weighted by Gasteiger charge is -2.12. The fourth-order valence-corrected chi connectivity index (χ4v) is 2.99. The van der Waals surface area contributed by atoms with E-state index >= 15 is 0 Å². The van der Waals surface area contributed by atoms with Gasteiger partial charge in [-0.25, -0.2) is 12.8 Å². The summed E-state index contributed by atoms with van der Waals surface area (Å²) in [5, 5.41) is 0. The predicted octanol–water partition coefficient (Wildman–Crippen LogP) is 2.53. The van der Waals surface area contributed by atoms with Gasteiger partial charge in [0.05, 0.1) is 23.4 Å². The third-order valence-corrected chi connectivity index (χ3v) is 4.31. The second-order valence-electron chi connectivity index (χ2n) is 4.47. The molecule has 0 aliphatic rings. The van der Waals surface area contributed by atoms with Crippen LogP contribution in [0.2, 0.25) is 0 Å². The Morgan fingerprint density at radius 1 is 1.19 bits per heavy atom. The van der Waals surface area contributed by atoms with Gasteiger partial charge < -0.3 is 10.5 Å². The van der Waals surface area contributed by atoms with Crippen molar-refractivity contribution < 1.29 is 17.5 Å². The molecule has 0 aliphatic carbocycles. The molecular weight excluding hydrogens is 295 g/mol. The maximum Gasteiger partial charge on any atom is 0.261 e. The van der Waals surface area contributed by atoms with Crippen molar-refractivity contribution in [1.82, 2.24) is 0 Å². The molecule has 2 rings (SSSR count). The van der Waals surface area contributed by atoms with Crippen LogP contribution in [0.1, 0.15) is 5.56 Å². The van der Waals surface area contributed by atoms with Crippen molar-refractivity contribution >= 4 is 21.4 Å². The zero-order valence-corrected chi connectivity index (χ0v) is 12.4. The first-order valence-corrected chi connectivity index (χ1v) is 7.54. The monoisotopic (exact) mass is 310 g/mol. The molecule has 3 N–H and O–H groups in total. The molecule has 7 heteroatoms. The minimum absolute atomic E-state index is 0.00419. The maximum atomic E-state index is 13.0. The van der Waals surface area contributed by atoms with Crippen molar-refractivity contribution in [3.05, 3.63) is 47.8 Å². The van der Waals surface area contributed by atoms with Gasteiger partial charge in [0.1, 0.15) is 11.6 Å². The van der Waals surface area contributed by atoms with Crippen LogP contribution in [-0.4, -0.2) is 15.5 Å². The second kappa shape index (κ2) is 5.61. The molecule has 0 saturated heterocycles. The van der Waals surface area contributed by atoms with Crippen molar-refractivity contribution in [2.24, 2.45) is 0 Å². The Kier molecular flexibility index (Phi) is 4.04. The Morgan fingerprint density at radius 2 is 1.90 bits per heavy atom. The van der Waals surface area contributed by atoms with E-state index in [4.69, 9.17) is 10.5 Å². The summed E-state index contributed by atoms with van der Waals surface area (Å²) >= 11 is 0. The molecular formula is C14H15FN2O3S. The van der Waals surface area contributed by atoms with Crippen LogP contribution in [0.4, 0.5) is 15.8 Å². The number of sulfonamides is 1. The highest BCUT2D eigenvalue weighted by molar-refractivity contribution is 7.92. The first kappa shape index (κ1) is 15.1. The van der Waals surface area contributed by atoms with Crippen molar-refractivity contribution in [1.29, 1.82) is 0 Å². The van der Waals surface area contributed by atoms with Crippen LogP contribution >= 0.6 is 0 Å². The molecule has 0 heterocycles. The number of hydrogen-bond acceptors (Lipinski definition) is 4. The van der Waals surface area contributed by atoms with Crippen LogP contribution < -0.4 is 15.2 Å². The molecule has 21 heavy (non-hydrogen) atoms. The van der Waals surface area contributed by atoms with E-state index < -0.39 is 15.8 Å². The van der Waals surface area contributed by atoms with Crippen LogP contribution in [0.25, 0.3) is 0 Å². The van der Waals surface area contributed by atoms with E-state index in [0.29, 0.717) is 17.0 Å². The van der Waals surface area contributed by atoms with Crippen molar-refractivity contribution in [3.63, 3.8) is 0 Å². The van der Waals surface area contributed by atoms with Gasteiger partial charge >= 0.3 is 0 Å². The first-order valence-electron chi connectivity index (χ1n) is 6.06. The summed E-state index contributed by atoms with van der Waals surface area (Å²) < 4.78 is 45.0. The van der Waals surface area contributed by atoms with Gasteiger partial charge in [0.25, 0.3) is 10.0 Å². The molecule has 0 radical (unpaired) electrons. The molecule has 112 valence electrons. The number of nitrogens with one attached hydrogen (secondary N) is 1. The number of ether oxygens (including phenoxy) is 1. The quantitative estimate of drug-likeness (QED) is 0.850. The van der Waals surface area contributed by atoms with E-state index in [1.165, 1.54) is 43.5 Å². The molecule has 0 amide bonds. The summed E-state index contributed by atoms with van der Waals surface area (Å²) in [5.74, 6) is -0.0314. The molecule has 0 fully saturated rings. The fourth-order valence-electron chi connectivity index (χ4n) is 1.82. The molecule has 0 unspecified atom stereocenters. The molecule has 0 bridgehead atoms. The molecule has 0 saturated carbocycles. The van der Waals surface area contributed by atoms with Crippen LogP contribution in [-0.2, 0) is 10.0 Å². The van der Waals surface area contributed by atoms with Gasteiger partial charge in [0, 0.05) is 0 Å². The SMILES string of the molecule is COc1ccc(S(=O)(=O)Nc2ccc(F)cc2C)cc1N. The fraction of sp³-hybridized carbons (Fsp3) is 0.143. The third kappa shape index (κ3) is 3.25. The molecule has 2 aromatic carbocycles. The molecule has 0 spiro atoms. The van der Waals surface area contributed by atoms with Gasteiger partial charge in [0.2, 0.25) is 0 Å². The van der Waals surface area contributed by atoms with Crippen LogP contribution in [0.3, 0.4) is 0 Å². The van der Waals surface area contributed by atoms with E-state index in [1.807, 2.05) is 0 Å². The largest absolute Gasteiger partial charge is 0.495 e. The predicted molar refractivity (Wildman–Crippen MR) is 79.4 cm³/mol. The summed E-state index contributed by atoms with van der Waals surface area (Å²) in [6.07, 6.45) is 0. The minimum atomic E-state index is -3.80. The molecule has 0 aromatic heterocycles. The lowest BCUT2D eigenvalue weighted by molar-refractivity contribution is 0.416. The van der Waals surface area contributed by atoms with Gasteiger partial charge in [-0.3, -0.25) is 4.72 Å². The number of methoxy groups -OCH3 is 1. The van der Waals surface area contributed by atoms with Crippen LogP contribution in [0, 0.1) is 12.7 Å². The third-order valence-electron chi connectivity index (χ3n) is 2.94. The summed E-state index contributed by atoms with van der Waals surface area (Å²) in [4.78, 5) is 0.00419. The van der Waals surface area contributed by atoms with E-state index in [2.05, 4.69) is 4.72 Å². The smallest absolute Gasteiger partial charge is 0.261 e. The summed E-state index contributed by atoms with van der Waals surface area (Å²) in [5.41, 5.74) is 6.72. The standard InChI is InChI=1S/C14H15FN2O3S/c1-9-7-10(15)3-5-13(9)17-21(18,19)11-4-6-14(20-2)12(16)8-11/h3-8,17H,16H2,1-2H3. The van der Waals surface area contributed by atoms with Crippen molar-refractivity contribution in [3.8, 4) is 5.75 Å². The van der Waals surface area contributed by atoms with Crippen LogP contribution in [0.5, 0.6) is 5.75 Å². The van der Waals surface area contributed by atoms with Gasteiger partial charge in [-0.2, -0.15) is 0 Å². The number of halogens is 1. The number of aryl methyl sites for hydroxylation is 1. The topological polar surface area (TPSA) is 81.4 Å². The van der Waals surface area contributed by atoms with Gasteiger partial charge in [-0.15, -0.1) is 0 Å². The maximum absolute atomic E-state index is 13.0. The zero-order chi connectivity index (χ0) is 15.6. The van der Waals surface area contributed by atoms with E-state index in [-0.39, 0.29) is 10.6 Å². The number of anilines is 2. The van der Waals surface area contributed by atoms with Gasteiger partial charge in [-0.1, -0.05) is 0 Å². The summed E-state index contributed by atoms with van der Waals surface area (Å²) in [6, 6.07) is 7.97. The van der Waals surface area contributed by atoms with Crippen molar-refractivity contribution in [2.45, 2.75) is 11.8 Å². The Balaban J connectivity index is 2.36. The lowest BCUT2D eigenvalue weighted by atomic mass is 10.2. The van der Waals surface area contributed by atoms with Gasteiger partial charge in [0.15, 0.2) is 0 Å². The first-order chi connectivity index (χ1) is 9.83. The Bertz CT molecular complexity index is 776. The highest BCUT2D eigenvalue weighted by atomic mass is 32.2. The Labute approximate surface area is 122 Å². The summed E-state index contributed by atoms with van der Waals surface area (Å²) in [6.45, 7) is 1.61. The number of nitrogen functional groups attached to an aromatic ring is 1. The molecule has 0 aliphatic heterocycles. The summed E-state index contributed by atoms with van der Waals surface area (Å²) in [7, 11) is -2.36. The average Bonchev–Trinajstić information content (AvgIpc) is 2.42. The normalized spacial score (nSPS) is 11.2. The number of nitrogens with two attached hydrogens (primary N) is 1. The minimum Gasteiger partial charge on any atom is -0.495 e. The van der Waals surface area contributed by atoms with E-state index in [9.17, 15) is 12.8 Å². The number of hydrogen-bond donors (Lipinski definition) is 2. The second-order valence-corrected chi connectivity index (χ2v) is 6.15. The lowest BCUT2D eigenvalue weighted by Crippen LogP contribution is -2.14. The molecule has 2 aromatic rings. The average molecular weight is 310 g/mol. The van der Waals surface area contributed by atoms with E-state index in [0.717, 1.165) is 0 Å².